The Labute approximate surface area is 132 Å². The average molecular weight is 389 g/mol. The third-order valence-corrected chi connectivity index (χ3v) is 3.91. The van der Waals surface area contributed by atoms with Gasteiger partial charge < -0.3 is 16.4 Å². The van der Waals surface area contributed by atoms with Crippen LogP contribution in [-0.4, -0.2) is 18.0 Å². The molecule has 5 nitrogen and oxygen atoms in total. The topological polar surface area (TPSA) is 84.2 Å². The maximum Gasteiger partial charge on any atom is 0.312 e. The minimum Gasteiger partial charge on any atom is -0.352 e. The van der Waals surface area contributed by atoms with Crippen LogP contribution < -0.4 is 16.4 Å². The van der Waals surface area contributed by atoms with E-state index < -0.39 is 12.1 Å². The van der Waals surface area contributed by atoms with E-state index in [4.69, 9.17) is 5.73 Å². The van der Waals surface area contributed by atoms with Crippen LogP contribution in [0, 0.1) is 16.4 Å². The van der Waals surface area contributed by atoms with E-state index in [0.717, 1.165) is 21.2 Å². The van der Waals surface area contributed by atoms with Crippen LogP contribution >= 0.6 is 22.6 Å². The summed E-state index contributed by atoms with van der Waals surface area (Å²) in [6.45, 7) is 5.79. The van der Waals surface area contributed by atoms with Crippen molar-refractivity contribution in [2.24, 2.45) is 11.7 Å². The molecule has 0 bridgehead atoms. The van der Waals surface area contributed by atoms with Gasteiger partial charge in [-0.25, -0.2) is 4.79 Å². The van der Waals surface area contributed by atoms with Crippen LogP contribution in [0.3, 0.4) is 0 Å². The van der Waals surface area contributed by atoms with Crippen LogP contribution in [0.4, 0.5) is 10.5 Å². The Hall–Kier alpha value is -1.31. The van der Waals surface area contributed by atoms with Gasteiger partial charge >= 0.3 is 6.03 Å². The molecule has 0 spiro atoms. The van der Waals surface area contributed by atoms with Crippen LogP contribution in [0.15, 0.2) is 18.2 Å². The SMILES string of the molecule is CCC(C)C(NC(N)=O)C(=O)Nc1ccc(I)cc1C. The van der Waals surface area contributed by atoms with Crippen LogP contribution in [0.1, 0.15) is 25.8 Å². The molecule has 0 radical (unpaired) electrons. The average Bonchev–Trinajstić information content (AvgIpc) is 2.38. The van der Waals surface area contributed by atoms with Crippen molar-refractivity contribution in [1.29, 1.82) is 0 Å². The van der Waals surface area contributed by atoms with Crippen LogP contribution in [0.5, 0.6) is 0 Å². The van der Waals surface area contributed by atoms with Crippen molar-refractivity contribution in [2.45, 2.75) is 33.2 Å². The van der Waals surface area contributed by atoms with Crippen molar-refractivity contribution in [3.63, 3.8) is 0 Å². The number of carbonyl (C=O) groups is 2. The molecule has 0 fully saturated rings. The second-order valence-electron chi connectivity index (χ2n) is 4.82. The summed E-state index contributed by atoms with van der Waals surface area (Å²) in [5.41, 5.74) is 6.86. The van der Waals surface area contributed by atoms with Gasteiger partial charge in [0, 0.05) is 9.26 Å². The zero-order valence-electron chi connectivity index (χ0n) is 11.9. The van der Waals surface area contributed by atoms with Gasteiger partial charge in [-0.1, -0.05) is 20.3 Å². The quantitative estimate of drug-likeness (QED) is 0.677. The molecule has 4 N–H and O–H groups in total. The third-order valence-electron chi connectivity index (χ3n) is 3.24. The number of nitrogens with one attached hydrogen (secondary N) is 2. The Balaban J connectivity index is 2.87. The molecule has 1 rings (SSSR count). The predicted molar refractivity (Wildman–Crippen MR) is 88.5 cm³/mol. The Morgan fingerprint density at radius 3 is 2.55 bits per heavy atom. The minimum atomic E-state index is -0.690. The van der Waals surface area contributed by atoms with E-state index in [1.807, 2.05) is 39.0 Å². The number of amides is 3. The standard InChI is InChI=1S/C14H20IN3O2/c1-4-8(2)12(18-14(16)20)13(19)17-11-6-5-10(15)7-9(11)3/h5-8,12H,4H2,1-3H3,(H,17,19)(H3,16,18,20). The van der Waals surface area contributed by atoms with Crippen molar-refractivity contribution < 1.29 is 9.59 Å². The highest BCUT2D eigenvalue weighted by Gasteiger charge is 2.25. The van der Waals surface area contributed by atoms with Crippen molar-refractivity contribution in [2.75, 3.05) is 5.32 Å². The molecule has 1 aromatic rings. The zero-order valence-corrected chi connectivity index (χ0v) is 14.0. The molecule has 0 saturated heterocycles. The summed E-state index contributed by atoms with van der Waals surface area (Å²) < 4.78 is 1.10. The van der Waals surface area contributed by atoms with E-state index in [1.54, 1.807) is 0 Å². The number of halogens is 1. The molecule has 110 valence electrons. The number of hydrogen-bond donors (Lipinski definition) is 3. The molecule has 0 aliphatic rings. The normalized spacial score (nSPS) is 13.4. The molecule has 2 unspecified atom stereocenters. The Morgan fingerprint density at radius 1 is 1.40 bits per heavy atom. The Kier molecular flexibility index (Phi) is 6.25. The maximum absolute atomic E-state index is 12.3. The molecule has 20 heavy (non-hydrogen) atoms. The predicted octanol–water partition coefficient (Wildman–Crippen LogP) is 2.62. The summed E-state index contributed by atoms with van der Waals surface area (Å²) in [7, 11) is 0. The molecule has 0 heterocycles. The van der Waals surface area contributed by atoms with Gasteiger partial charge in [0.05, 0.1) is 0 Å². The highest BCUT2D eigenvalue weighted by molar-refractivity contribution is 14.1. The summed E-state index contributed by atoms with van der Waals surface area (Å²) >= 11 is 2.22. The summed E-state index contributed by atoms with van der Waals surface area (Å²) in [4.78, 5) is 23.3. The van der Waals surface area contributed by atoms with E-state index >= 15 is 0 Å². The number of hydrogen-bond acceptors (Lipinski definition) is 2. The first-order valence-electron chi connectivity index (χ1n) is 6.48. The Bertz CT molecular complexity index is 505. The van der Waals surface area contributed by atoms with Crippen molar-refractivity contribution >= 4 is 40.2 Å². The van der Waals surface area contributed by atoms with E-state index in [9.17, 15) is 9.59 Å². The molecule has 3 amide bonds. The fourth-order valence-corrected chi connectivity index (χ4v) is 2.48. The number of nitrogens with two attached hydrogens (primary N) is 1. The molecule has 0 aliphatic heterocycles. The fourth-order valence-electron chi connectivity index (χ4n) is 1.83. The molecule has 6 heteroatoms. The first-order chi connectivity index (χ1) is 9.35. The number of benzene rings is 1. The number of primary amides is 1. The number of urea groups is 1. The van der Waals surface area contributed by atoms with E-state index in [2.05, 4.69) is 33.2 Å². The molecular formula is C14H20IN3O2. The van der Waals surface area contributed by atoms with Gasteiger partial charge in [0.2, 0.25) is 5.91 Å². The second kappa shape index (κ2) is 7.47. The van der Waals surface area contributed by atoms with Crippen molar-refractivity contribution in [1.82, 2.24) is 5.32 Å². The maximum atomic E-state index is 12.3. The van der Waals surface area contributed by atoms with Crippen LogP contribution in [0.2, 0.25) is 0 Å². The fraction of sp³-hybridized carbons (Fsp3) is 0.429. The lowest BCUT2D eigenvalue weighted by Gasteiger charge is -2.23. The number of anilines is 1. The summed E-state index contributed by atoms with van der Waals surface area (Å²) in [6.07, 6.45) is 0.768. The Morgan fingerprint density at radius 2 is 2.05 bits per heavy atom. The lowest BCUT2D eigenvalue weighted by Crippen LogP contribution is -2.49. The molecule has 1 aromatic carbocycles. The number of aryl methyl sites for hydroxylation is 1. The van der Waals surface area contributed by atoms with Crippen LogP contribution in [0.25, 0.3) is 0 Å². The molecular weight excluding hydrogens is 369 g/mol. The van der Waals surface area contributed by atoms with Gasteiger partial charge in [-0.05, 0) is 59.2 Å². The largest absolute Gasteiger partial charge is 0.352 e. The van der Waals surface area contributed by atoms with Crippen molar-refractivity contribution in [3.05, 3.63) is 27.3 Å². The van der Waals surface area contributed by atoms with E-state index in [0.29, 0.717) is 0 Å². The second-order valence-corrected chi connectivity index (χ2v) is 6.07. The summed E-state index contributed by atoms with van der Waals surface area (Å²) in [6, 6.07) is 4.44. The van der Waals surface area contributed by atoms with Gasteiger partial charge in [-0.15, -0.1) is 0 Å². The highest BCUT2D eigenvalue weighted by Crippen LogP contribution is 2.19. The monoisotopic (exact) mass is 389 g/mol. The molecule has 2 atom stereocenters. The molecule has 0 saturated carbocycles. The van der Waals surface area contributed by atoms with Gasteiger partial charge in [-0.3, -0.25) is 4.79 Å². The van der Waals surface area contributed by atoms with E-state index in [1.165, 1.54) is 0 Å². The smallest absolute Gasteiger partial charge is 0.312 e. The van der Waals surface area contributed by atoms with Gasteiger partial charge in [0.1, 0.15) is 6.04 Å². The highest BCUT2D eigenvalue weighted by atomic mass is 127. The molecule has 0 aliphatic carbocycles. The summed E-state index contributed by atoms with van der Waals surface area (Å²) in [5.74, 6) is -0.242. The van der Waals surface area contributed by atoms with Gasteiger partial charge in [0.15, 0.2) is 0 Å². The lowest BCUT2D eigenvalue weighted by atomic mass is 9.98. The van der Waals surface area contributed by atoms with E-state index in [-0.39, 0.29) is 11.8 Å². The third kappa shape index (κ3) is 4.66. The minimum absolute atomic E-state index is 0.00616. The number of rotatable bonds is 5. The summed E-state index contributed by atoms with van der Waals surface area (Å²) in [5, 5.41) is 5.35. The zero-order chi connectivity index (χ0) is 15.3. The first kappa shape index (κ1) is 16.7. The van der Waals surface area contributed by atoms with Gasteiger partial charge in [-0.2, -0.15) is 0 Å². The molecule has 0 aromatic heterocycles. The van der Waals surface area contributed by atoms with Crippen LogP contribution in [-0.2, 0) is 4.79 Å². The van der Waals surface area contributed by atoms with Crippen molar-refractivity contribution in [3.8, 4) is 0 Å². The lowest BCUT2D eigenvalue weighted by molar-refractivity contribution is -0.119. The number of carbonyl (C=O) groups excluding carboxylic acids is 2. The first-order valence-corrected chi connectivity index (χ1v) is 7.56. The van der Waals surface area contributed by atoms with Gasteiger partial charge in [0.25, 0.3) is 0 Å².